The monoisotopic (exact) mass is 383 g/mol. The van der Waals surface area contributed by atoms with Crippen molar-refractivity contribution in [3.63, 3.8) is 0 Å². The largest absolute Gasteiger partial charge is 0.494 e. The number of rotatable bonds is 7. The number of carboxylic acids is 1. The molecule has 1 aliphatic heterocycles. The van der Waals surface area contributed by atoms with Gasteiger partial charge in [-0.05, 0) is 48.4 Å². The van der Waals surface area contributed by atoms with Crippen LogP contribution in [0.15, 0.2) is 23.8 Å². The van der Waals surface area contributed by atoms with Gasteiger partial charge in [-0.3, -0.25) is 4.79 Å². The lowest BCUT2D eigenvalue weighted by Crippen LogP contribution is -2.56. The Bertz CT molecular complexity index is 730. The Kier molecular flexibility index (Phi) is 5.79. The zero-order valence-corrected chi connectivity index (χ0v) is 15.2. The Morgan fingerprint density at radius 2 is 2.15 bits per heavy atom. The van der Waals surface area contributed by atoms with Gasteiger partial charge in [0.2, 0.25) is 0 Å². The number of hydrogen-bond acceptors (Lipinski definition) is 3. The Hall–Kier alpha value is -2.02. The minimum Gasteiger partial charge on any atom is -0.494 e. The molecule has 4 nitrogen and oxygen atoms in total. The molecule has 0 aromatic heterocycles. The maximum Gasteiger partial charge on any atom is 0.389 e. The number of aliphatic carboxylic acids is 1. The highest BCUT2D eigenvalue weighted by Crippen LogP contribution is 2.35. The summed E-state index contributed by atoms with van der Waals surface area (Å²) < 4.78 is 42.0. The number of halogens is 3. The van der Waals surface area contributed by atoms with E-state index in [2.05, 4.69) is 18.3 Å². The molecule has 1 aromatic carbocycles. The summed E-state index contributed by atoms with van der Waals surface area (Å²) in [6.07, 6.45) is -1.41. The van der Waals surface area contributed by atoms with Crippen molar-refractivity contribution >= 4 is 12.0 Å². The molecule has 1 fully saturated rings. The van der Waals surface area contributed by atoms with E-state index in [0.29, 0.717) is 18.7 Å². The van der Waals surface area contributed by atoms with Gasteiger partial charge in [0.1, 0.15) is 5.75 Å². The molecule has 148 valence electrons. The van der Waals surface area contributed by atoms with Crippen LogP contribution in [0.25, 0.3) is 6.08 Å². The lowest BCUT2D eigenvalue weighted by atomic mass is 9.78. The first-order chi connectivity index (χ1) is 12.7. The van der Waals surface area contributed by atoms with Gasteiger partial charge in [-0.25, -0.2) is 0 Å². The van der Waals surface area contributed by atoms with Crippen LogP contribution in [0, 0.1) is 11.8 Å². The Morgan fingerprint density at radius 1 is 1.37 bits per heavy atom. The molecule has 2 aliphatic rings. The molecule has 0 spiro atoms. The van der Waals surface area contributed by atoms with E-state index in [1.54, 1.807) is 6.07 Å². The second-order valence-electron chi connectivity index (χ2n) is 7.42. The molecule has 2 unspecified atom stereocenters. The van der Waals surface area contributed by atoms with Crippen molar-refractivity contribution in [1.29, 1.82) is 0 Å². The second-order valence-corrected chi connectivity index (χ2v) is 7.42. The van der Waals surface area contributed by atoms with Crippen molar-refractivity contribution < 1.29 is 27.8 Å². The van der Waals surface area contributed by atoms with Crippen molar-refractivity contribution in [3.05, 3.63) is 34.9 Å². The Balaban J connectivity index is 1.60. The minimum atomic E-state index is -4.15. The average Bonchev–Trinajstić information content (AvgIpc) is 2.54. The molecule has 1 saturated heterocycles. The number of alkyl halides is 3. The summed E-state index contributed by atoms with van der Waals surface area (Å²) in [7, 11) is 0. The number of ether oxygens (including phenoxy) is 1. The summed E-state index contributed by atoms with van der Waals surface area (Å²) in [5.74, 6) is -0.205. The molecule has 27 heavy (non-hydrogen) atoms. The van der Waals surface area contributed by atoms with Gasteiger partial charge in [-0.2, -0.15) is 13.2 Å². The van der Waals surface area contributed by atoms with Crippen LogP contribution in [0.4, 0.5) is 13.2 Å². The van der Waals surface area contributed by atoms with Crippen molar-refractivity contribution in [2.24, 2.45) is 11.8 Å². The molecule has 3 rings (SSSR count). The summed E-state index contributed by atoms with van der Waals surface area (Å²) in [5, 5.41) is 12.4. The third-order valence-electron chi connectivity index (χ3n) is 5.35. The van der Waals surface area contributed by atoms with Crippen LogP contribution in [0.5, 0.6) is 5.75 Å². The van der Waals surface area contributed by atoms with E-state index in [1.807, 2.05) is 12.1 Å². The topological polar surface area (TPSA) is 58.6 Å². The summed E-state index contributed by atoms with van der Waals surface area (Å²) in [4.78, 5) is 11.2. The average molecular weight is 383 g/mol. The van der Waals surface area contributed by atoms with Gasteiger partial charge in [0.15, 0.2) is 0 Å². The van der Waals surface area contributed by atoms with Crippen molar-refractivity contribution in [1.82, 2.24) is 5.32 Å². The maximum absolute atomic E-state index is 12.2. The highest BCUT2D eigenvalue weighted by atomic mass is 19.4. The van der Waals surface area contributed by atoms with Gasteiger partial charge in [0, 0.05) is 19.0 Å². The highest BCUT2D eigenvalue weighted by molar-refractivity contribution is 5.72. The third kappa shape index (κ3) is 5.03. The molecule has 1 aromatic rings. The standard InChI is InChI=1S/C20H24F3NO3/c1-12-7-15-9-16(27-6-2-5-20(21,22)23)4-3-13(15)8-14(12)10-18-17(11-24-18)19(25)26/h3-4,8-9,12,17-18,24H,2,5-7,10-11H2,1H3,(H,25,26)/t12-,17?,18?/m0/s1. The van der Waals surface area contributed by atoms with Crippen LogP contribution in [-0.4, -0.2) is 36.4 Å². The zero-order chi connectivity index (χ0) is 19.6. The Labute approximate surface area is 156 Å². The van der Waals surface area contributed by atoms with Crippen LogP contribution in [0.3, 0.4) is 0 Å². The van der Waals surface area contributed by atoms with Crippen LogP contribution in [0.2, 0.25) is 0 Å². The van der Waals surface area contributed by atoms with Crippen LogP contribution >= 0.6 is 0 Å². The van der Waals surface area contributed by atoms with E-state index in [-0.39, 0.29) is 30.9 Å². The first-order valence-electron chi connectivity index (χ1n) is 9.22. The lowest BCUT2D eigenvalue weighted by molar-refractivity contribution is -0.145. The predicted octanol–water partition coefficient (Wildman–Crippen LogP) is 4.05. The van der Waals surface area contributed by atoms with E-state index in [0.717, 1.165) is 17.5 Å². The molecule has 7 heteroatoms. The second kappa shape index (κ2) is 7.92. The van der Waals surface area contributed by atoms with E-state index in [4.69, 9.17) is 4.74 Å². The van der Waals surface area contributed by atoms with Gasteiger partial charge in [-0.15, -0.1) is 0 Å². The van der Waals surface area contributed by atoms with Gasteiger partial charge in [0.25, 0.3) is 0 Å². The SMILES string of the molecule is C[C@H]1Cc2cc(OCCCC(F)(F)F)ccc2C=C1CC1NCC1C(=O)O. The summed E-state index contributed by atoms with van der Waals surface area (Å²) >= 11 is 0. The van der Waals surface area contributed by atoms with E-state index < -0.39 is 18.6 Å². The van der Waals surface area contributed by atoms with Gasteiger partial charge in [0.05, 0.1) is 12.5 Å². The van der Waals surface area contributed by atoms with E-state index in [9.17, 15) is 23.1 Å². The normalized spacial score (nSPS) is 24.6. The molecular formula is C20H24F3NO3. The fourth-order valence-corrected chi connectivity index (χ4v) is 3.65. The number of fused-ring (bicyclic) bond motifs is 1. The quantitative estimate of drug-likeness (QED) is 0.698. The predicted molar refractivity (Wildman–Crippen MR) is 95.6 cm³/mol. The fraction of sp³-hybridized carbons (Fsp3) is 0.550. The smallest absolute Gasteiger partial charge is 0.389 e. The number of carbonyl (C=O) groups is 1. The van der Waals surface area contributed by atoms with Crippen LogP contribution < -0.4 is 10.1 Å². The Morgan fingerprint density at radius 3 is 2.78 bits per heavy atom. The number of hydrogen-bond donors (Lipinski definition) is 2. The molecule has 3 atom stereocenters. The number of carboxylic acid groups (broad SMARTS) is 1. The first kappa shape index (κ1) is 19.7. The summed E-state index contributed by atoms with van der Waals surface area (Å²) in [6.45, 7) is 2.67. The van der Waals surface area contributed by atoms with Crippen molar-refractivity contribution in [2.45, 2.75) is 44.8 Å². The highest BCUT2D eigenvalue weighted by Gasteiger charge is 2.37. The molecule has 1 heterocycles. The summed E-state index contributed by atoms with van der Waals surface area (Å²) in [6, 6.07) is 5.57. The lowest BCUT2D eigenvalue weighted by Gasteiger charge is -2.37. The van der Waals surface area contributed by atoms with Crippen molar-refractivity contribution in [3.8, 4) is 5.75 Å². The van der Waals surface area contributed by atoms with Crippen molar-refractivity contribution in [2.75, 3.05) is 13.2 Å². The van der Waals surface area contributed by atoms with E-state index >= 15 is 0 Å². The molecule has 0 saturated carbocycles. The molecule has 0 radical (unpaired) electrons. The number of nitrogens with one attached hydrogen (secondary N) is 1. The first-order valence-corrected chi connectivity index (χ1v) is 9.22. The zero-order valence-electron chi connectivity index (χ0n) is 15.2. The van der Waals surface area contributed by atoms with Gasteiger partial charge in [-0.1, -0.05) is 24.6 Å². The minimum absolute atomic E-state index is 0.0195. The maximum atomic E-state index is 12.2. The van der Waals surface area contributed by atoms with Crippen LogP contribution in [0.1, 0.15) is 37.3 Å². The molecule has 1 aliphatic carbocycles. The third-order valence-corrected chi connectivity index (χ3v) is 5.35. The number of benzene rings is 1. The van der Waals surface area contributed by atoms with Gasteiger partial charge >= 0.3 is 12.1 Å². The molecule has 0 amide bonds. The molecular weight excluding hydrogens is 359 g/mol. The molecule has 2 N–H and O–H groups in total. The van der Waals surface area contributed by atoms with Gasteiger partial charge < -0.3 is 15.2 Å². The summed E-state index contributed by atoms with van der Waals surface area (Å²) in [5.41, 5.74) is 3.40. The molecule has 0 bridgehead atoms. The van der Waals surface area contributed by atoms with Crippen LogP contribution in [-0.2, 0) is 11.2 Å². The van der Waals surface area contributed by atoms with E-state index in [1.165, 1.54) is 5.57 Å². The fourth-order valence-electron chi connectivity index (χ4n) is 3.65.